The minimum atomic E-state index is -2.77. The predicted molar refractivity (Wildman–Crippen MR) is 88.8 cm³/mol. The second kappa shape index (κ2) is 7.20. The summed E-state index contributed by atoms with van der Waals surface area (Å²) in [6, 6.07) is 6.81. The molecule has 1 aromatic rings. The fourth-order valence-corrected chi connectivity index (χ4v) is 3.15. The molecule has 3 rings (SSSR count). The number of hydrogen-bond donors (Lipinski definition) is 1. The molecule has 4 nitrogen and oxygen atoms in total. The Hall–Kier alpha value is -1.11. The van der Waals surface area contributed by atoms with Gasteiger partial charge in [0, 0.05) is 43.3 Å². The van der Waals surface area contributed by atoms with Gasteiger partial charge in [0.05, 0.1) is 12.6 Å². The molecule has 2 aliphatic rings. The maximum absolute atomic E-state index is 13.2. The van der Waals surface area contributed by atoms with Gasteiger partial charge < -0.3 is 9.80 Å². The van der Waals surface area contributed by atoms with Gasteiger partial charge in [-0.15, -0.1) is 12.4 Å². The number of nitrogens with zero attached hydrogens (tertiary/aromatic N) is 2. The van der Waals surface area contributed by atoms with E-state index in [9.17, 15) is 13.6 Å². The number of hydrogen-bond acceptors (Lipinski definition) is 3. The summed E-state index contributed by atoms with van der Waals surface area (Å²) >= 11 is 5.99. The molecular formula is C15H19Cl2F2N3O. The Balaban J connectivity index is 0.00000192. The molecule has 23 heavy (non-hydrogen) atoms. The Kier molecular flexibility index (Phi) is 5.70. The number of carbonyl (C=O) groups excluding carboxylic acids is 1. The number of alkyl halides is 2. The second-order valence-corrected chi connectivity index (χ2v) is 6.22. The predicted octanol–water partition coefficient (Wildman–Crippen LogP) is 2.41. The zero-order chi connectivity index (χ0) is 15.7. The number of halogens is 4. The Morgan fingerprint density at radius 3 is 2.52 bits per heavy atom. The minimum absolute atomic E-state index is 0. The van der Waals surface area contributed by atoms with Crippen molar-refractivity contribution in [3.8, 4) is 0 Å². The fourth-order valence-electron chi connectivity index (χ4n) is 2.97. The van der Waals surface area contributed by atoms with Gasteiger partial charge in [-0.25, -0.2) is 8.78 Å². The summed E-state index contributed by atoms with van der Waals surface area (Å²) in [5.74, 6) is -2.99. The first-order valence-electron chi connectivity index (χ1n) is 7.35. The third kappa shape index (κ3) is 4.25. The highest BCUT2D eigenvalue weighted by atomic mass is 35.5. The SMILES string of the molecule is Cl.O=C(C1CC(F)(F)CN1)N1CCN(c2cccc(Cl)c2)CC1. The first-order valence-corrected chi connectivity index (χ1v) is 7.73. The van der Waals surface area contributed by atoms with E-state index >= 15 is 0 Å². The van der Waals surface area contributed by atoms with Crippen LogP contribution in [-0.2, 0) is 4.79 Å². The average molecular weight is 366 g/mol. The molecule has 0 saturated carbocycles. The van der Waals surface area contributed by atoms with Crippen LogP contribution in [0.25, 0.3) is 0 Å². The molecule has 128 valence electrons. The molecule has 1 aromatic carbocycles. The Morgan fingerprint density at radius 2 is 1.96 bits per heavy atom. The summed E-state index contributed by atoms with van der Waals surface area (Å²) in [6.07, 6.45) is -0.402. The zero-order valence-electron chi connectivity index (χ0n) is 12.5. The van der Waals surface area contributed by atoms with Crippen LogP contribution in [0.15, 0.2) is 24.3 Å². The molecule has 2 saturated heterocycles. The summed E-state index contributed by atoms with van der Waals surface area (Å²) in [5, 5.41) is 3.30. The number of carbonyl (C=O) groups is 1. The van der Waals surface area contributed by atoms with Gasteiger partial charge in [0.1, 0.15) is 0 Å². The highest BCUT2D eigenvalue weighted by molar-refractivity contribution is 6.30. The van der Waals surface area contributed by atoms with Gasteiger partial charge in [-0.2, -0.15) is 0 Å². The van der Waals surface area contributed by atoms with Crippen molar-refractivity contribution < 1.29 is 13.6 Å². The van der Waals surface area contributed by atoms with Crippen LogP contribution >= 0.6 is 24.0 Å². The van der Waals surface area contributed by atoms with Crippen LogP contribution in [0.1, 0.15) is 6.42 Å². The lowest BCUT2D eigenvalue weighted by Crippen LogP contribution is -2.53. The first kappa shape index (κ1) is 18.2. The number of benzene rings is 1. The molecule has 0 radical (unpaired) electrons. The van der Waals surface area contributed by atoms with Crippen LogP contribution in [0.5, 0.6) is 0 Å². The molecule has 1 unspecified atom stereocenters. The van der Waals surface area contributed by atoms with Gasteiger partial charge in [-0.05, 0) is 18.2 Å². The quantitative estimate of drug-likeness (QED) is 0.873. The maximum Gasteiger partial charge on any atom is 0.262 e. The van der Waals surface area contributed by atoms with E-state index in [0.29, 0.717) is 31.2 Å². The van der Waals surface area contributed by atoms with Gasteiger partial charge in [-0.1, -0.05) is 17.7 Å². The van der Waals surface area contributed by atoms with Crippen molar-refractivity contribution in [2.75, 3.05) is 37.6 Å². The molecule has 0 spiro atoms. The average Bonchev–Trinajstić information content (AvgIpc) is 2.87. The lowest BCUT2D eigenvalue weighted by molar-refractivity contribution is -0.134. The summed E-state index contributed by atoms with van der Waals surface area (Å²) in [5.41, 5.74) is 1.02. The third-order valence-electron chi connectivity index (χ3n) is 4.17. The van der Waals surface area contributed by atoms with Crippen molar-refractivity contribution in [3.05, 3.63) is 29.3 Å². The third-order valence-corrected chi connectivity index (χ3v) is 4.41. The van der Waals surface area contributed by atoms with E-state index in [-0.39, 0.29) is 18.3 Å². The molecule has 1 N–H and O–H groups in total. The molecule has 0 bridgehead atoms. The van der Waals surface area contributed by atoms with Crippen molar-refractivity contribution in [2.45, 2.75) is 18.4 Å². The van der Waals surface area contributed by atoms with Crippen molar-refractivity contribution in [2.24, 2.45) is 0 Å². The second-order valence-electron chi connectivity index (χ2n) is 5.79. The van der Waals surface area contributed by atoms with Crippen molar-refractivity contribution in [3.63, 3.8) is 0 Å². The number of piperazine rings is 1. The number of rotatable bonds is 2. The van der Waals surface area contributed by atoms with E-state index < -0.39 is 24.9 Å². The van der Waals surface area contributed by atoms with Crippen LogP contribution in [0.2, 0.25) is 5.02 Å². The molecule has 8 heteroatoms. The summed E-state index contributed by atoms with van der Waals surface area (Å²) in [6.45, 7) is 2.01. The molecule has 2 fully saturated rings. The molecular weight excluding hydrogens is 347 g/mol. The first-order chi connectivity index (χ1) is 10.4. The van der Waals surface area contributed by atoms with Gasteiger partial charge >= 0.3 is 0 Å². The van der Waals surface area contributed by atoms with Gasteiger partial charge in [0.15, 0.2) is 0 Å². The highest BCUT2D eigenvalue weighted by Gasteiger charge is 2.43. The molecule has 2 heterocycles. The fraction of sp³-hybridized carbons (Fsp3) is 0.533. The number of nitrogens with one attached hydrogen (secondary N) is 1. The minimum Gasteiger partial charge on any atom is -0.368 e. The van der Waals surface area contributed by atoms with Crippen molar-refractivity contribution in [1.29, 1.82) is 0 Å². The van der Waals surface area contributed by atoms with Crippen LogP contribution in [0, 0.1) is 0 Å². The smallest absolute Gasteiger partial charge is 0.262 e. The van der Waals surface area contributed by atoms with Crippen molar-refractivity contribution in [1.82, 2.24) is 10.2 Å². The van der Waals surface area contributed by atoms with E-state index in [1.807, 2.05) is 24.3 Å². The monoisotopic (exact) mass is 365 g/mol. The number of anilines is 1. The van der Waals surface area contributed by atoms with E-state index in [1.165, 1.54) is 0 Å². The van der Waals surface area contributed by atoms with E-state index in [4.69, 9.17) is 11.6 Å². The van der Waals surface area contributed by atoms with Gasteiger partial charge in [0.2, 0.25) is 5.91 Å². The summed E-state index contributed by atoms with van der Waals surface area (Å²) < 4.78 is 26.4. The maximum atomic E-state index is 13.2. The Bertz CT molecular complexity index is 565. The van der Waals surface area contributed by atoms with Gasteiger partial charge in [0.25, 0.3) is 5.92 Å². The van der Waals surface area contributed by atoms with Crippen LogP contribution in [0.4, 0.5) is 14.5 Å². The highest BCUT2D eigenvalue weighted by Crippen LogP contribution is 2.27. The molecule has 0 aliphatic carbocycles. The summed E-state index contributed by atoms with van der Waals surface area (Å²) in [7, 11) is 0. The van der Waals surface area contributed by atoms with Crippen LogP contribution < -0.4 is 10.2 Å². The largest absolute Gasteiger partial charge is 0.368 e. The molecule has 0 aromatic heterocycles. The summed E-state index contributed by atoms with van der Waals surface area (Å²) in [4.78, 5) is 16.1. The zero-order valence-corrected chi connectivity index (χ0v) is 14.0. The lowest BCUT2D eigenvalue weighted by atomic mass is 10.1. The lowest BCUT2D eigenvalue weighted by Gasteiger charge is -2.37. The van der Waals surface area contributed by atoms with E-state index in [2.05, 4.69) is 10.2 Å². The normalized spacial score (nSPS) is 23.5. The standard InChI is InChI=1S/C15H18ClF2N3O.ClH/c16-11-2-1-3-12(8-11)20-4-6-21(7-5-20)14(22)13-9-15(17,18)10-19-13;/h1-3,8,13,19H,4-7,9-10H2;1H. The molecule has 1 amide bonds. The van der Waals surface area contributed by atoms with E-state index in [1.54, 1.807) is 4.90 Å². The van der Waals surface area contributed by atoms with Crippen molar-refractivity contribution >= 4 is 35.6 Å². The van der Waals surface area contributed by atoms with Crippen LogP contribution in [0.3, 0.4) is 0 Å². The molecule has 2 aliphatic heterocycles. The van der Waals surface area contributed by atoms with Crippen LogP contribution in [-0.4, -0.2) is 55.5 Å². The van der Waals surface area contributed by atoms with E-state index in [0.717, 1.165) is 5.69 Å². The topological polar surface area (TPSA) is 35.6 Å². The van der Waals surface area contributed by atoms with Gasteiger partial charge in [-0.3, -0.25) is 10.1 Å². The molecule has 1 atom stereocenters. The number of amides is 1. The Morgan fingerprint density at radius 1 is 1.26 bits per heavy atom. The Labute approximate surface area is 145 Å².